The summed E-state index contributed by atoms with van der Waals surface area (Å²) in [6, 6.07) is 9.13. The van der Waals surface area contributed by atoms with Crippen molar-refractivity contribution < 1.29 is 9.21 Å². The molecule has 4 aromatic rings. The first kappa shape index (κ1) is 14.0. The summed E-state index contributed by atoms with van der Waals surface area (Å²) in [7, 11) is 0. The Kier molecular flexibility index (Phi) is 3.16. The van der Waals surface area contributed by atoms with Crippen LogP contribution in [0.5, 0.6) is 0 Å². The van der Waals surface area contributed by atoms with Gasteiger partial charge in [-0.3, -0.25) is 9.89 Å². The number of carbonyl (C=O) groups excluding carboxylic acids is 1. The Morgan fingerprint density at radius 2 is 2.17 bits per heavy atom. The highest BCUT2D eigenvalue weighted by atomic mass is 79.9. The lowest BCUT2D eigenvalue weighted by Crippen LogP contribution is -2.10. The smallest absolute Gasteiger partial charge is 0.291 e. The van der Waals surface area contributed by atoms with Crippen LogP contribution in [-0.4, -0.2) is 21.1 Å². The van der Waals surface area contributed by atoms with Crippen LogP contribution in [0.15, 0.2) is 45.4 Å². The fraction of sp³-hybridized carbons (Fsp3) is 0.0625. The molecular weight excluding hydrogens is 360 g/mol. The Morgan fingerprint density at radius 3 is 3.04 bits per heavy atom. The van der Waals surface area contributed by atoms with Crippen molar-refractivity contribution in [3.05, 3.63) is 52.5 Å². The normalized spacial score (nSPS) is 11.2. The molecule has 0 aliphatic heterocycles. The van der Waals surface area contributed by atoms with Gasteiger partial charge in [0.1, 0.15) is 5.58 Å². The monoisotopic (exact) mass is 370 g/mol. The lowest BCUT2D eigenvalue weighted by atomic mass is 10.2. The van der Waals surface area contributed by atoms with Gasteiger partial charge in [0.2, 0.25) is 0 Å². The number of fused-ring (bicyclic) bond motifs is 2. The first-order valence-electron chi connectivity index (χ1n) is 6.91. The van der Waals surface area contributed by atoms with Crippen LogP contribution in [0.4, 0.5) is 5.69 Å². The number of furan rings is 1. The molecule has 3 aromatic heterocycles. The molecule has 3 heterocycles. The van der Waals surface area contributed by atoms with Gasteiger partial charge in [-0.1, -0.05) is 15.9 Å². The van der Waals surface area contributed by atoms with Crippen LogP contribution >= 0.6 is 15.9 Å². The molecule has 0 spiro atoms. The first-order chi connectivity index (χ1) is 11.1. The molecule has 0 atom stereocenters. The zero-order chi connectivity index (χ0) is 16.0. The minimum absolute atomic E-state index is 0.252. The number of aryl methyl sites for hydroxylation is 1. The van der Waals surface area contributed by atoms with Crippen LogP contribution in [-0.2, 0) is 0 Å². The molecule has 0 saturated carbocycles. The highest BCUT2D eigenvalue weighted by Crippen LogP contribution is 2.24. The van der Waals surface area contributed by atoms with E-state index in [1.54, 1.807) is 12.3 Å². The van der Waals surface area contributed by atoms with E-state index < -0.39 is 0 Å². The molecule has 6 nitrogen and oxygen atoms in total. The Labute approximate surface area is 139 Å². The van der Waals surface area contributed by atoms with E-state index in [1.165, 1.54) is 0 Å². The maximum Gasteiger partial charge on any atom is 0.291 e. The Bertz CT molecular complexity index is 1050. The molecule has 0 aliphatic rings. The predicted octanol–water partition coefficient (Wildman–Crippen LogP) is 4.03. The third-order valence-electron chi connectivity index (χ3n) is 3.56. The van der Waals surface area contributed by atoms with Crippen LogP contribution in [0.25, 0.3) is 22.0 Å². The zero-order valence-corrected chi connectivity index (χ0v) is 13.6. The minimum atomic E-state index is -0.320. The molecule has 2 N–H and O–H groups in total. The van der Waals surface area contributed by atoms with E-state index in [2.05, 4.69) is 36.4 Å². The van der Waals surface area contributed by atoms with Crippen LogP contribution in [0.1, 0.15) is 16.2 Å². The minimum Gasteiger partial charge on any atom is -0.451 e. The van der Waals surface area contributed by atoms with E-state index in [4.69, 9.17) is 4.42 Å². The molecule has 1 aromatic carbocycles. The number of carbonyl (C=O) groups is 1. The number of aromatic nitrogens is 3. The number of benzene rings is 1. The largest absolute Gasteiger partial charge is 0.451 e. The van der Waals surface area contributed by atoms with Gasteiger partial charge in [-0.25, -0.2) is 4.98 Å². The van der Waals surface area contributed by atoms with Crippen LogP contribution in [0.3, 0.4) is 0 Å². The van der Waals surface area contributed by atoms with E-state index in [0.717, 1.165) is 20.9 Å². The van der Waals surface area contributed by atoms with E-state index in [0.29, 0.717) is 16.9 Å². The van der Waals surface area contributed by atoms with Crippen molar-refractivity contribution in [1.82, 2.24) is 15.2 Å². The predicted molar refractivity (Wildman–Crippen MR) is 90.5 cm³/mol. The summed E-state index contributed by atoms with van der Waals surface area (Å²) >= 11 is 3.40. The molecule has 0 fully saturated rings. The lowest BCUT2D eigenvalue weighted by molar-refractivity contribution is 0.0998. The summed E-state index contributed by atoms with van der Waals surface area (Å²) < 4.78 is 6.51. The molecule has 7 heteroatoms. The number of nitrogens with one attached hydrogen (secondary N) is 2. The van der Waals surface area contributed by atoms with Crippen LogP contribution in [0, 0.1) is 6.92 Å². The molecule has 0 bridgehead atoms. The third-order valence-corrected chi connectivity index (χ3v) is 4.05. The summed E-state index contributed by atoms with van der Waals surface area (Å²) in [6.07, 6.45) is 1.57. The highest BCUT2D eigenvalue weighted by molar-refractivity contribution is 9.10. The molecule has 23 heavy (non-hydrogen) atoms. The van der Waals surface area contributed by atoms with Crippen molar-refractivity contribution in [2.24, 2.45) is 0 Å². The van der Waals surface area contributed by atoms with Crippen molar-refractivity contribution in [2.75, 3.05) is 5.32 Å². The Morgan fingerprint density at radius 1 is 1.30 bits per heavy atom. The maximum atomic E-state index is 12.4. The summed E-state index contributed by atoms with van der Waals surface area (Å²) in [5, 5.41) is 11.5. The van der Waals surface area contributed by atoms with Gasteiger partial charge in [-0.2, -0.15) is 5.10 Å². The van der Waals surface area contributed by atoms with Gasteiger partial charge in [-0.05, 0) is 37.3 Å². The Hall–Kier alpha value is -2.67. The van der Waals surface area contributed by atoms with Crippen LogP contribution in [0.2, 0.25) is 0 Å². The molecule has 0 unspecified atom stereocenters. The number of halogens is 1. The quantitative estimate of drug-likeness (QED) is 0.557. The van der Waals surface area contributed by atoms with Gasteiger partial charge >= 0.3 is 0 Å². The number of hydrogen-bond acceptors (Lipinski definition) is 4. The van der Waals surface area contributed by atoms with Crippen LogP contribution < -0.4 is 5.32 Å². The average molecular weight is 371 g/mol. The number of hydrogen-bond donors (Lipinski definition) is 2. The van der Waals surface area contributed by atoms with Crippen molar-refractivity contribution in [1.29, 1.82) is 0 Å². The second-order valence-electron chi connectivity index (χ2n) is 5.19. The van der Waals surface area contributed by atoms with Gasteiger partial charge < -0.3 is 9.73 Å². The van der Waals surface area contributed by atoms with Gasteiger partial charge in [0, 0.05) is 20.9 Å². The third kappa shape index (κ3) is 2.49. The van der Waals surface area contributed by atoms with Crippen molar-refractivity contribution >= 4 is 49.5 Å². The van der Waals surface area contributed by atoms with E-state index in [9.17, 15) is 4.79 Å². The molecule has 4 rings (SSSR count). The molecule has 0 saturated heterocycles. The molecular formula is C16H11BrN4O2. The summed E-state index contributed by atoms with van der Waals surface area (Å²) in [5.41, 5.74) is 2.78. The number of aromatic amines is 1. The van der Waals surface area contributed by atoms with Gasteiger partial charge in [0.15, 0.2) is 11.4 Å². The summed E-state index contributed by atoms with van der Waals surface area (Å²) in [6.45, 7) is 1.90. The SMILES string of the molecule is Cc1[nH]nc2ncc(NC(=O)c3cc4cc(Br)ccc4o3)cc12. The first-order valence-corrected chi connectivity index (χ1v) is 7.70. The standard InChI is InChI=1S/C16H11BrN4O2/c1-8-12-6-11(7-18-15(12)21-20-8)19-16(22)14-5-9-4-10(17)2-3-13(9)23-14/h2-7H,1H3,(H,19,22)(H,18,20,21). The van der Waals surface area contributed by atoms with E-state index in [1.807, 2.05) is 31.2 Å². The highest BCUT2D eigenvalue weighted by Gasteiger charge is 2.14. The van der Waals surface area contributed by atoms with Gasteiger partial charge in [0.25, 0.3) is 5.91 Å². The maximum absolute atomic E-state index is 12.4. The molecule has 0 aliphatic carbocycles. The number of anilines is 1. The van der Waals surface area contributed by atoms with Crippen molar-refractivity contribution in [3.63, 3.8) is 0 Å². The summed E-state index contributed by atoms with van der Waals surface area (Å²) in [5.74, 6) is -0.0678. The number of nitrogens with zero attached hydrogens (tertiary/aromatic N) is 2. The number of rotatable bonds is 2. The molecule has 114 valence electrons. The molecule has 1 amide bonds. The van der Waals surface area contributed by atoms with Gasteiger partial charge in [0.05, 0.1) is 11.9 Å². The second-order valence-corrected chi connectivity index (χ2v) is 6.11. The summed E-state index contributed by atoms with van der Waals surface area (Å²) in [4.78, 5) is 16.6. The topological polar surface area (TPSA) is 83.8 Å². The van der Waals surface area contributed by atoms with Crippen molar-refractivity contribution in [2.45, 2.75) is 6.92 Å². The average Bonchev–Trinajstić information content (AvgIpc) is 3.11. The second kappa shape index (κ2) is 5.20. The molecule has 0 radical (unpaired) electrons. The lowest BCUT2D eigenvalue weighted by Gasteiger charge is -2.02. The zero-order valence-electron chi connectivity index (χ0n) is 12.1. The number of H-pyrrole nitrogens is 1. The van der Waals surface area contributed by atoms with Crippen molar-refractivity contribution in [3.8, 4) is 0 Å². The fourth-order valence-corrected chi connectivity index (χ4v) is 2.79. The fourth-order valence-electron chi connectivity index (χ4n) is 2.41. The number of amides is 1. The number of pyridine rings is 1. The van der Waals surface area contributed by atoms with Gasteiger partial charge in [-0.15, -0.1) is 0 Å². The van der Waals surface area contributed by atoms with E-state index in [-0.39, 0.29) is 11.7 Å². The van der Waals surface area contributed by atoms with E-state index >= 15 is 0 Å². The Balaban J connectivity index is 1.65.